The molecule has 0 N–H and O–H groups in total. The number of hydrogen-bond donors (Lipinski definition) is 0. The second-order valence-corrected chi connectivity index (χ2v) is 0. The van der Waals surface area contributed by atoms with Crippen LogP contribution >= 0.6 is 9.90 Å². The molecule has 0 aliphatic carbocycles. The summed E-state index contributed by atoms with van der Waals surface area (Å²) in [6.45, 7) is 0. The molecule has 0 amide bonds. The molecule has 4 heavy (non-hydrogen) atoms. The Labute approximate surface area is 64.1 Å². The monoisotopic (exact) mass is 350 g/mol. The molecule has 0 nitrogen and oxygen atoms in total. The van der Waals surface area contributed by atoms with Crippen molar-refractivity contribution in [2.24, 2.45) is 0 Å². The van der Waals surface area contributed by atoms with Crippen LogP contribution in [0.2, 0.25) is 0 Å². The summed E-state index contributed by atoms with van der Waals surface area (Å²) in [5.74, 6) is 0. The van der Waals surface area contributed by atoms with E-state index in [2.05, 4.69) is 0 Å². The molecule has 0 aromatic carbocycles. The zero-order valence-corrected chi connectivity index (χ0v) is 7.26. The molecule has 0 saturated carbocycles. The van der Waals surface area contributed by atoms with Crippen molar-refractivity contribution in [1.82, 2.24) is 0 Å². The summed E-state index contributed by atoms with van der Waals surface area (Å²) in [5, 5.41) is 0. The van der Waals surface area contributed by atoms with E-state index in [1.165, 1.54) is 0 Å². The standard InChI is InChI=1S/Cu.Ni.H3P.Pt/h;;1H3;. The summed E-state index contributed by atoms with van der Waals surface area (Å²) in [6, 6.07) is 0. The van der Waals surface area contributed by atoms with Gasteiger partial charge in [-0.3, -0.25) is 0 Å². The summed E-state index contributed by atoms with van der Waals surface area (Å²) < 4.78 is 0. The molecule has 0 bridgehead atoms. The summed E-state index contributed by atoms with van der Waals surface area (Å²) in [7, 11) is 0. The Balaban J connectivity index is 0. The zero-order chi connectivity index (χ0) is 0. The summed E-state index contributed by atoms with van der Waals surface area (Å²) in [6.07, 6.45) is 0. The summed E-state index contributed by atoms with van der Waals surface area (Å²) >= 11 is 0. The van der Waals surface area contributed by atoms with Gasteiger partial charge in [0.15, 0.2) is 0 Å². The molecule has 0 aromatic heterocycles. The Morgan fingerprint density at radius 1 is 1.00 bits per heavy atom. The molecule has 0 aliphatic heterocycles. The molecule has 0 rings (SSSR count). The molecular formula is H3CuNiPPt. The second kappa shape index (κ2) is 19.3. The van der Waals surface area contributed by atoms with Gasteiger partial charge in [0.1, 0.15) is 0 Å². The Morgan fingerprint density at radius 3 is 1.00 bits per heavy atom. The van der Waals surface area contributed by atoms with E-state index in [-0.39, 0.29) is 64.5 Å². The number of rotatable bonds is 0. The molecule has 0 heterocycles. The maximum Gasteiger partial charge on any atom is 0 e. The third kappa shape index (κ3) is 8.92. The Bertz CT molecular complexity index is 8.00. The molecule has 0 fully saturated rings. The van der Waals surface area contributed by atoms with Crippen LogP contribution < -0.4 is 0 Å². The van der Waals surface area contributed by atoms with Gasteiger partial charge in [0.2, 0.25) is 0 Å². The minimum Gasteiger partial charge on any atom is -0.153 e. The normalized spacial score (nSPS) is 0. The van der Waals surface area contributed by atoms with Gasteiger partial charge in [-0.15, -0.1) is 0 Å². The molecule has 1 atom stereocenters. The Morgan fingerprint density at radius 2 is 1.00 bits per heavy atom. The molecule has 1 radical (unpaired) electrons. The van der Waals surface area contributed by atoms with Crippen LogP contribution in [0.5, 0.6) is 0 Å². The van der Waals surface area contributed by atoms with E-state index < -0.39 is 0 Å². The van der Waals surface area contributed by atoms with Gasteiger partial charge in [0.25, 0.3) is 0 Å². The average molecular weight is 351 g/mol. The Kier molecular flexibility index (Phi) is 171. The SMILES string of the molecule is P.[Cu].[Ni].[Pt]. The van der Waals surface area contributed by atoms with Crippen molar-refractivity contribution in [1.29, 1.82) is 0 Å². The first kappa shape index (κ1) is 35.5. The van der Waals surface area contributed by atoms with Crippen LogP contribution in [0, 0.1) is 0 Å². The van der Waals surface area contributed by atoms with E-state index in [4.69, 9.17) is 0 Å². The quantitative estimate of drug-likeness (QED) is 0.428. The molecule has 1 unspecified atom stereocenters. The molecule has 0 spiro atoms. The maximum absolute atomic E-state index is 0. The van der Waals surface area contributed by atoms with Crippen molar-refractivity contribution < 1.29 is 54.6 Å². The summed E-state index contributed by atoms with van der Waals surface area (Å²) in [4.78, 5) is 0. The third-order valence-electron chi connectivity index (χ3n) is 0. The fourth-order valence-electron chi connectivity index (χ4n) is 0. The van der Waals surface area contributed by atoms with E-state index in [0.29, 0.717) is 0 Å². The maximum atomic E-state index is 0. The predicted molar refractivity (Wildman–Crippen MR) is 11.1 cm³/mol. The van der Waals surface area contributed by atoms with Crippen molar-refractivity contribution in [3.8, 4) is 0 Å². The predicted octanol–water partition coefficient (Wildman–Crippen LogP) is 0.0506. The first-order valence-electron chi connectivity index (χ1n) is 0. The van der Waals surface area contributed by atoms with Gasteiger partial charge in [-0.2, -0.15) is 9.90 Å². The average Bonchev–Trinajstić information content (AvgIpc) is 0. The topological polar surface area (TPSA) is 0 Å². The van der Waals surface area contributed by atoms with Crippen molar-refractivity contribution in [2.75, 3.05) is 0 Å². The van der Waals surface area contributed by atoms with Gasteiger partial charge >= 0.3 is 0 Å². The van der Waals surface area contributed by atoms with Gasteiger partial charge < -0.3 is 0 Å². The van der Waals surface area contributed by atoms with Gasteiger partial charge in [-0.1, -0.05) is 0 Å². The van der Waals surface area contributed by atoms with Crippen LogP contribution in [-0.4, -0.2) is 0 Å². The minimum atomic E-state index is 0. The van der Waals surface area contributed by atoms with Crippen molar-refractivity contribution in [3.05, 3.63) is 0 Å². The third-order valence-corrected chi connectivity index (χ3v) is 0. The first-order valence-corrected chi connectivity index (χ1v) is 0. The van der Waals surface area contributed by atoms with Crippen LogP contribution in [0.3, 0.4) is 0 Å². The van der Waals surface area contributed by atoms with Crippen LogP contribution in [0.4, 0.5) is 0 Å². The van der Waals surface area contributed by atoms with E-state index in [1.54, 1.807) is 0 Å². The fourth-order valence-corrected chi connectivity index (χ4v) is 0. The number of hydrogen-bond acceptors (Lipinski definition) is 0. The molecular weight excluding hydrogens is 348 g/mol. The van der Waals surface area contributed by atoms with Gasteiger partial charge in [-0.25, -0.2) is 0 Å². The van der Waals surface area contributed by atoms with E-state index in [1.807, 2.05) is 0 Å². The molecule has 39 valence electrons. The van der Waals surface area contributed by atoms with Crippen molar-refractivity contribution >= 4 is 9.90 Å². The van der Waals surface area contributed by atoms with E-state index in [9.17, 15) is 0 Å². The molecule has 0 aromatic rings. The van der Waals surface area contributed by atoms with Crippen LogP contribution in [0.15, 0.2) is 0 Å². The molecule has 4 heteroatoms. The fraction of sp³-hybridized carbons (Fsp3) is 0. The van der Waals surface area contributed by atoms with Crippen LogP contribution in [0.25, 0.3) is 0 Å². The van der Waals surface area contributed by atoms with Crippen molar-refractivity contribution in [3.63, 3.8) is 0 Å². The van der Waals surface area contributed by atoms with Gasteiger partial charge in [0, 0.05) is 54.6 Å². The smallest absolute Gasteiger partial charge is 0 e. The van der Waals surface area contributed by atoms with E-state index in [0.717, 1.165) is 0 Å². The molecule has 0 aliphatic rings. The summed E-state index contributed by atoms with van der Waals surface area (Å²) in [5.41, 5.74) is 0. The van der Waals surface area contributed by atoms with Crippen LogP contribution in [-0.2, 0) is 54.6 Å². The minimum absolute atomic E-state index is 0. The van der Waals surface area contributed by atoms with E-state index >= 15 is 0 Å². The largest absolute Gasteiger partial charge is 0.153 e. The van der Waals surface area contributed by atoms with Gasteiger partial charge in [0.05, 0.1) is 0 Å². The second-order valence-electron chi connectivity index (χ2n) is 0. The van der Waals surface area contributed by atoms with Crippen molar-refractivity contribution in [2.45, 2.75) is 0 Å². The first-order chi connectivity index (χ1) is 0. The van der Waals surface area contributed by atoms with Gasteiger partial charge in [-0.05, 0) is 0 Å². The van der Waals surface area contributed by atoms with Crippen LogP contribution in [0.1, 0.15) is 0 Å². The molecule has 0 saturated heterocycles. The zero-order valence-electron chi connectivity index (χ0n) is 1.64. The Hall–Kier alpha value is 2.13.